The Morgan fingerprint density at radius 2 is 2.06 bits per heavy atom. The summed E-state index contributed by atoms with van der Waals surface area (Å²) in [6.07, 6.45) is 1.25. The lowest BCUT2D eigenvalue weighted by Crippen LogP contribution is -2.45. The average molecular weight is 228 g/mol. The molecular weight excluding hydrogens is 204 g/mol. The molecule has 0 aliphatic carbocycles. The number of ketones is 1. The fourth-order valence-corrected chi connectivity index (χ4v) is 1.96. The molecule has 1 aliphatic heterocycles. The van der Waals surface area contributed by atoms with E-state index in [1.54, 1.807) is 0 Å². The maximum atomic E-state index is 12.0. The fraction of sp³-hybridized carbons (Fsp3) is 0.917. The summed E-state index contributed by atoms with van der Waals surface area (Å²) < 4.78 is 5.39. The van der Waals surface area contributed by atoms with Gasteiger partial charge in [-0.05, 0) is 47.5 Å². The fourth-order valence-electron chi connectivity index (χ4n) is 1.96. The van der Waals surface area contributed by atoms with E-state index in [-0.39, 0.29) is 24.5 Å². The van der Waals surface area contributed by atoms with Gasteiger partial charge in [0.15, 0.2) is 5.78 Å². The van der Waals surface area contributed by atoms with E-state index in [0.717, 1.165) is 26.1 Å². The van der Waals surface area contributed by atoms with E-state index in [1.807, 2.05) is 20.9 Å². The van der Waals surface area contributed by atoms with Gasteiger partial charge in [0.1, 0.15) is 6.61 Å². The van der Waals surface area contributed by atoms with Gasteiger partial charge < -0.3 is 9.64 Å². The van der Waals surface area contributed by atoms with Gasteiger partial charge in [0.25, 0.3) is 0 Å². The molecule has 0 aromatic heterocycles. The van der Waals surface area contributed by atoms with Crippen molar-refractivity contribution in [1.29, 1.82) is 0 Å². The molecule has 4 heteroatoms. The Bertz CT molecular complexity index is 231. The molecule has 0 radical (unpaired) electrons. The Balaban J connectivity index is 2.50. The van der Waals surface area contributed by atoms with Crippen molar-refractivity contribution in [1.82, 2.24) is 9.80 Å². The van der Waals surface area contributed by atoms with E-state index in [0.29, 0.717) is 0 Å². The molecule has 94 valence electrons. The highest BCUT2D eigenvalue weighted by atomic mass is 16.5. The van der Waals surface area contributed by atoms with E-state index in [1.165, 1.54) is 0 Å². The van der Waals surface area contributed by atoms with Crippen LogP contribution in [0.15, 0.2) is 0 Å². The Morgan fingerprint density at radius 3 is 2.69 bits per heavy atom. The minimum Gasteiger partial charge on any atom is -0.371 e. The van der Waals surface area contributed by atoms with Crippen LogP contribution in [0.3, 0.4) is 0 Å². The second kappa shape index (κ2) is 6.33. The van der Waals surface area contributed by atoms with Crippen LogP contribution in [0.5, 0.6) is 0 Å². The molecule has 1 heterocycles. The Morgan fingerprint density at radius 1 is 1.38 bits per heavy atom. The first-order valence-electron chi connectivity index (χ1n) is 6.03. The van der Waals surface area contributed by atoms with Crippen LogP contribution in [-0.2, 0) is 9.53 Å². The molecule has 0 spiro atoms. The summed E-state index contributed by atoms with van der Waals surface area (Å²) in [7, 11) is 4.10. The largest absolute Gasteiger partial charge is 0.371 e. The quantitative estimate of drug-likeness (QED) is 0.706. The van der Waals surface area contributed by atoms with E-state index in [4.69, 9.17) is 4.74 Å². The molecular formula is C12H24N2O2. The lowest BCUT2D eigenvalue weighted by molar-refractivity contribution is -0.130. The van der Waals surface area contributed by atoms with Crippen molar-refractivity contribution in [2.75, 3.05) is 40.3 Å². The summed E-state index contributed by atoms with van der Waals surface area (Å²) in [5.41, 5.74) is 0. The molecule has 1 rings (SSSR count). The van der Waals surface area contributed by atoms with Gasteiger partial charge in [-0.1, -0.05) is 0 Å². The van der Waals surface area contributed by atoms with Crippen molar-refractivity contribution in [3.8, 4) is 0 Å². The predicted octanol–water partition coefficient (Wildman–Crippen LogP) is 0.616. The molecule has 0 saturated carbocycles. The van der Waals surface area contributed by atoms with E-state index < -0.39 is 0 Å². The molecule has 4 nitrogen and oxygen atoms in total. The maximum absolute atomic E-state index is 12.0. The number of nitrogens with zero attached hydrogens (tertiary/aromatic N) is 2. The number of likely N-dealkylation sites (N-methyl/N-ethyl adjacent to an activating group) is 2. The molecule has 1 aliphatic rings. The highest BCUT2D eigenvalue weighted by Crippen LogP contribution is 2.08. The van der Waals surface area contributed by atoms with Crippen LogP contribution < -0.4 is 0 Å². The lowest BCUT2D eigenvalue weighted by atomic mass is 10.1. The summed E-state index contributed by atoms with van der Waals surface area (Å²) in [5, 5.41) is 0. The van der Waals surface area contributed by atoms with E-state index in [9.17, 15) is 4.79 Å². The van der Waals surface area contributed by atoms with Gasteiger partial charge in [0.2, 0.25) is 0 Å². The highest BCUT2D eigenvalue weighted by molar-refractivity contribution is 5.85. The third kappa shape index (κ3) is 4.20. The Kier molecular flexibility index (Phi) is 5.38. The van der Waals surface area contributed by atoms with Gasteiger partial charge in [-0.15, -0.1) is 0 Å². The van der Waals surface area contributed by atoms with Gasteiger partial charge in [-0.3, -0.25) is 9.69 Å². The Hall–Kier alpha value is -0.450. The van der Waals surface area contributed by atoms with Gasteiger partial charge in [-0.25, -0.2) is 0 Å². The van der Waals surface area contributed by atoms with Gasteiger partial charge in [0, 0.05) is 6.54 Å². The highest BCUT2D eigenvalue weighted by Gasteiger charge is 2.26. The van der Waals surface area contributed by atoms with Crippen LogP contribution in [0.1, 0.15) is 20.3 Å². The first kappa shape index (κ1) is 13.6. The second-order valence-corrected chi connectivity index (χ2v) is 4.94. The summed E-state index contributed by atoms with van der Waals surface area (Å²) >= 11 is 0. The van der Waals surface area contributed by atoms with Crippen LogP contribution >= 0.6 is 0 Å². The zero-order valence-electron chi connectivity index (χ0n) is 10.9. The average Bonchev–Trinajstić information content (AvgIpc) is 2.37. The first-order chi connectivity index (χ1) is 7.50. The summed E-state index contributed by atoms with van der Waals surface area (Å²) in [6, 6.07) is -0.00810. The van der Waals surface area contributed by atoms with Gasteiger partial charge >= 0.3 is 0 Å². The zero-order valence-corrected chi connectivity index (χ0v) is 10.9. The monoisotopic (exact) mass is 228 g/mol. The van der Waals surface area contributed by atoms with Crippen LogP contribution in [0.4, 0.5) is 0 Å². The summed E-state index contributed by atoms with van der Waals surface area (Å²) in [6.45, 7) is 7.02. The lowest BCUT2D eigenvalue weighted by Gasteiger charge is -2.26. The molecule has 0 aromatic carbocycles. The summed E-state index contributed by atoms with van der Waals surface area (Å²) in [4.78, 5) is 16.4. The van der Waals surface area contributed by atoms with Crippen LogP contribution in [-0.4, -0.2) is 68.1 Å². The standard InChI is InChI=1S/C12H24N2O2/c1-10(2)16-9-12(15)11-8-13(3)6-5-7-14(11)4/h10-11H,5-9H2,1-4H3. The first-order valence-corrected chi connectivity index (χ1v) is 6.03. The number of carbonyl (C=O) groups excluding carboxylic acids is 1. The number of ether oxygens (including phenoxy) is 1. The molecule has 1 unspecified atom stereocenters. The number of carbonyl (C=O) groups is 1. The molecule has 1 atom stereocenters. The summed E-state index contributed by atoms with van der Waals surface area (Å²) in [5.74, 6) is 0.199. The third-order valence-electron chi connectivity index (χ3n) is 3.00. The molecule has 16 heavy (non-hydrogen) atoms. The van der Waals surface area contributed by atoms with E-state index in [2.05, 4.69) is 16.8 Å². The normalized spacial score (nSPS) is 24.7. The van der Waals surface area contributed by atoms with Crippen molar-refractivity contribution in [2.24, 2.45) is 0 Å². The smallest absolute Gasteiger partial charge is 0.176 e. The van der Waals surface area contributed by atoms with Crippen LogP contribution in [0, 0.1) is 0 Å². The Labute approximate surface area is 98.5 Å². The van der Waals surface area contributed by atoms with Crippen molar-refractivity contribution in [2.45, 2.75) is 32.4 Å². The number of Topliss-reactive ketones (excluding diaryl/α,β-unsaturated/α-hetero) is 1. The number of rotatable bonds is 4. The molecule has 0 aromatic rings. The van der Waals surface area contributed by atoms with Crippen molar-refractivity contribution in [3.63, 3.8) is 0 Å². The molecule has 1 saturated heterocycles. The van der Waals surface area contributed by atoms with Crippen LogP contribution in [0.2, 0.25) is 0 Å². The van der Waals surface area contributed by atoms with Gasteiger partial charge in [-0.2, -0.15) is 0 Å². The number of hydrogen-bond acceptors (Lipinski definition) is 4. The number of hydrogen-bond donors (Lipinski definition) is 0. The zero-order chi connectivity index (χ0) is 12.1. The topological polar surface area (TPSA) is 32.8 Å². The molecule has 0 amide bonds. The minimum absolute atomic E-state index is 0.00810. The third-order valence-corrected chi connectivity index (χ3v) is 3.00. The van der Waals surface area contributed by atoms with Crippen LogP contribution in [0.25, 0.3) is 0 Å². The minimum atomic E-state index is -0.00810. The molecule has 1 fully saturated rings. The SMILES string of the molecule is CC(C)OCC(=O)C1CN(C)CCCN1C. The maximum Gasteiger partial charge on any atom is 0.176 e. The molecule has 0 bridgehead atoms. The van der Waals surface area contributed by atoms with Crippen molar-refractivity contribution < 1.29 is 9.53 Å². The van der Waals surface area contributed by atoms with Crippen molar-refractivity contribution >= 4 is 5.78 Å². The van der Waals surface area contributed by atoms with Crippen molar-refractivity contribution in [3.05, 3.63) is 0 Å². The van der Waals surface area contributed by atoms with E-state index >= 15 is 0 Å². The second-order valence-electron chi connectivity index (χ2n) is 4.94. The molecule has 0 N–H and O–H groups in total. The predicted molar refractivity (Wildman–Crippen MR) is 64.6 cm³/mol. The van der Waals surface area contributed by atoms with Gasteiger partial charge in [0.05, 0.1) is 12.1 Å².